The van der Waals surface area contributed by atoms with Gasteiger partial charge in [-0.2, -0.15) is 0 Å². The van der Waals surface area contributed by atoms with Gasteiger partial charge in [-0.05, 0) is 13.3 Å². The molecule has 0 spiro atoms. The van der Waals surface area contributed by atoms with Gasteiger partial charge in [0, 0.05) is 33.3 Å². The Labute approximate surface area is 128 Å². The summed E-state index contributed by atoms with van der Waals surface area (Å²) in [6.45, 7) is 4.99. The number of hydrogen-bond donors (Lipinski definition) is 1. The van der Waals surface area contributed by atoms with Crippen LogP contribution in [0.2, 0.25) is 0 Å². The Morgan fingerprint density at radius 3 is 2.59 bits per heavy atom. The van der Waals surface area contributed by atoms with Gasteiger partial charge in [0.1, 0.15) is 12.4 Å². The number of nitrogens with zero attached hydrogens (tertiary/aromatic N) is 4. The first kappa shape index (κ1) is 16.4. The summed E-state index contributed by atoms with van der Waals surface area (Å²) < 4.78 is 9.60. The molecule has 0 fully saturated rings. The molecule has 0 aliphatic heterocycles. The topological polar surface area (TPSA) is 97.1 Å². The molecule has 0 radical (unpaired) electrons. The van der Waals surface area contributed by atoms with E-state index in [0.717, 1.165) is 11.0 Å². The fraction of sp³-hybridized carbons (Fsp3) is 0.643. The van der Waals surface area contributed by atoms with Crippen LogP contribution in [0.15, 0.2) is 9.59 Å². The molecule has 0 amide bonds. The van der Waals surface area contributed by atoms with Crippen molar-refractivity contribution in [2.24, 2.45) is 12.8 Å². The molecule has 2 heterocycles. The highest BCUT2D eigenvalue weighted by molar-refractivity contribution is 5.71. The number of aromatic nitrogens is 4. The minimum Gasteiger partial charge on any atom is -0.377 e. The molecule has 1 unspecified atom stereocenters. The third-order valence-electron chi connectivity index (χ3n) is 3.91. The SMILES string of the molecule is CCC(C)n1c(=O)n(C)c(=O)c2c1nc(COC)n2CCN. The maximum Gasteiger partial charge on any atom is 0.332 e. The molecule has 22 heavy (non-hydrogen) atoms. The molecule has 1 atom stereocenters. The summed E-state index contributed by atoms with van der Waals surface area (Å²) in [7, 11) is 3.05. The summed E-state index contributed by atoms with van der Waals surface area (Å²) in [6.07, 6.45) is 0.760. The van der Waals surface area contributed by atoms with Gasteiger partial charge < -0.3 is 15.0 Å². The maximum atomic E-state index is 12.5. The van der Waals surface area contributed by atoms with Gasteiger partial charge in [-0.3, -0.25) is 13.9 Å². The second-order valence-corrected chi connectivity index (χ2v) is 5.35. The predicted molar refractivity (Wildman–Crippen MR) is 84.0 cm³/mol. The molecule has 2 rings (SSSR count). The van der Waals surface area contributed by atoms with Crippen LogP contribution in [0.1, 0.15) is 32.1 Å². The third-order valence-corrected chi connectivity index (χ3v) is 3.91. The molecule has 0 saturated carbocycles. The average molecular weight is 309 g/mol. The second kappa shape index (κ2) is 6.45. The number of hydrogen-bond acceptors (Lipinski definition) is 5. The van der Waals surface area contributed by atoms with Crippen LogP contribution in [0.4, 0.5) is 0 Å². The van der Waals surface area contributed by atoms with E-state index in [1.54, 1.807) is 16.2 Å². The molecular weight excluding hydrogens is 286 g/mol. The van der Waals surface area contributed by atoms with E-state index in [4.69, 9.17) is 10.5 Å². The molecule has 8 heteroatoms. The van der Waals surface area contributed by atoms with Crippen molar-refractivity contribution in [3.8, 4) is 0 Å². The number of nitrogens with two attached hydrogens (primary N) is 1. The standard InChI is InChI=1S/C14H23N5O3/c1-5-9(2)19-12-11(13(20)17(3)14(19)21)18(7-6-15)10(16-12)8-22-4/h9H,5-8,15H2,1-4H3. The first-order valence-electron chi connectivity index (χ1n) is 7.37. The number of rotatable bonds is 6. The summed E-state index contributed by atoms with van der Waals surface area (Å²) in [4.78, 5) is 29.5. The van der Waals surface area contributed by atoms with Gasteiger partial charge in [-0.15, -0.1) is 0 Å². The Morgan fingerprint density at radius 2 is 2.05 bits per heavy atom. The van der Waals surface area contributed by atoms with Crippen molar-refractivity contribution in [1.82, 2.24) is 18.7 Å². The quantitative estimate of drug-likeness (QED) is 0.808. The fourth-order valence-corrected chi connectivity index (χ4v) is 2.55. The summed E-state index contributed by atoms with van der Waals surface area (Å²) >= 11 is 0. The van der Waals surface area contributed by atoms with Crippen LogP contribution in [0.5, 0.6) is 0 Å². The molecule has 0 bridgehead atoms. The van der Waals surface area contributed by atoms with E-state index in [9.17, 15) is 9.59 Å². The van der Waals surface area contributed by atoms with Gasteiger partial charge in [0.15, 0.2) is 11.2 Å². The van der Waals surface area contributed by atoms with Gasteiger partial charge >= 0.3 is 5.69 Å². The molecule has 8 nitrogen and oxygen atoms in total. The lowest BCUT2D eigenvalue weighted by Crippen LogP contribution is -2.40. The summed E-state index contributed by atoms with van der Waals surface area (Å²) in [5.74, 6) is 0.600. The lowest BCUT2D eigenvalue weighted by Gasteiger charge is -2.15. The number of ether oxygens (including phenoxy) is 1. The van der Waals surface area contributed by atoms with Gasteiger partial charge in [-0.25, -0.2) is 9.78 Å². The van der Waals surface area contributed by atoms with Crippen LogP contribution in [0.25, 0.3) is 11.2 Å². The number of methoxy groups -OCH3 is 1. The molecular formula is C14H23N5O3. The van der Waals surface area contributed by atoms with E-state index >= 15 is 0 Å². The van der Waals surface area contributed by atoms with Crippen LogP contribution in [0.3, 0.4) is 0 Å². The Bertz CT molecular complexity index is 786. The predicted octanol–water partition coefficient (Wildman–Crippen LogP) is -0.0272. The van der Waals surface area contributed by atoms with Crippen molar-refractivity contribution in [3.63, 3.8) is 0 Å². The Balaban J connectivity index is 2.95. The van der Waals surface area contributed by atoms with Crippen molar-refractivity contribution in [1.29, 1.82) is 0 Å². The molecule has 0 aromatic carbocycles. The van der Waals surface area contributed by atoms with E-state index in [0.29, 0.717) is 30.1 Å². The minimum atomic E-state index is -0.358. The third kappa shape index (κ3) is 2.48. The first-order valence-corrected chi connectivity index (χ1v) is 7.37. The van der Waals surface area contributed by atoms with Gasteiger partial charge in [0.25, 0.3) is 5.56 Å². The van der Waals surface area contributed by atoms with E-state index < -0.39 is 0 Å². The van der Waals surface area contributed by atoms with Gasteiger partial charge in [0.05, 0.1) is 0 Å². The summed E-state index contributed by atoms with van der Waals surface area (Å²) in [5, 5.41) is 0. The Morgan fingerprint density at radius 1 is 1.36 bits per heavy atom. The molecule has 2 N–H and O–H groups in total. The fourth-order valence-electron chi connectivity index (χ4n) is 2.55. The number of imidazole rings is 1. The highest BCUT2D eigenvalue weighted by Gasteiger charge is 2.21. The molecule has 2 aromatic rings. The Kier molecular flexibility index (Phi) is 4.82. The van der Waals surface area contributed by atoms with Crippen molar-refractivity contribution in [2.45, 2.75) is 39.5 Å². The molecule has 0 saturated heterocycles. The zero-order valence-corrected chi connectivity index (χ0v) is 13.5. The van der Waals surface area contributed by atoms with Crippen molar-refractivity contribution in [2.75, 3.05) is 13.7 Å². The van der Waals surface area contributed by atoms with Crippen molar-refractivity contribution >= 4 is 11.2 Å². The molecule has 2 aromatic heterocycles. The van der Waals surface area contributed by atoms with Crippen LogP contribution < -0.4 is 17.0 Å². The van der Waals surface area contributed by atoms with E-state index in [2.05, 4.69) is 4.98 Å². The zero-order valence-electron chi connectivity index (χ0n) is 13.5. The molecule has 122 valence electrons. The highest BCUT2D eigenvalue weighted by atomic mass is 16.5. The van der Waals surface area contributed by atoms with Crippen LogP contribution in [0, 0.1) is 0 Å². The average Bonchev–Trinajstić information content (AvgIpc) is 2.84. The van der Waals surface area contributed by atoms with E-state index in [1.807, 2.05) is 13.8 Å². The molecule has 0 aliphatic rings. The largest absolute Gasteiger partial charge is 0.377 e. The lowest BCUT2D eigenvalue weighted by molar-refractivity contribution is 0.174. The molecule has 0 aliphatic carbocycles. The number of fused-ring (bicyclic) bond motifs is 1. The monoisotopic (exact) mass is 309 g/mol. The van der Waals surface area contributed by atoms with Crippen molar-refractivity contribution < 1.29 is 4.74 Å². The maximum absolute atomic E-state index is 12.5. The second-order valence-electron chi connectivity index (χ2n) is 5.35. The Hall–Kier alpha value is -1.93. The summed E-state index contributed by atoms with van der Waals surface area (Å²) in [5.41, 5.74) is 5.75. The van der Waals surface area contributed by atoms with E-state index in [1.165, 1.54) is 7.05 Å². The van der Waals surface area contributed by atoms with Gasteiger partial charge in [-0.1, -0.05) is 6.92 Å². The van der Waals surface area contributed by atoms with Crippen molar-refractivity contribution in [3.05, 3.63) is 26.7 Å². The van der Waals surface area contributed by atoms with Gasteiger partial charge in [0.2, 0.25) is 0 Å². The summed E-state index contributed by atoms with van der Waals surface area (Å²) in [6, 6.07) is -0.0570. The van der Waals surface area contributed by atoms with Crippen LogP contribution in [-0.4, -0.2) is 32.3 Å². The smallest absolute Gasteiger partial charge is 0.332 e. The lowest BCUT2D eigenvalue weighted by atomic mass is 10.2. The first-order chi connectivity index (χ1) is 10.5. The van der Waals surface area contributed by atoms with Crippen LogP contribution in [-0.2, 0) is 24.9 Å². The zero-order chi connectivity index (χ0) is 16.4. The van der Waals surface area contributed by atoms with Crippen LogP contribution >= 0.6 is 0 Å². The normalized spacial score (nSPS) is 13.0. The van der Waals surface area contributed by atoms with E-state index in [-0.39, 0.29) is 23.9 Å². The minimum absolute atomic E-state index is 0.0570. The highest BCUT2D eigenvalue weighted by Crippen LogP contribution is 2.17.